The highest BCUT2D eigenvalue weighted by Gasteiger charge is 2.54. The number of carboxylic acid groups (broad SMARTS) is 1. The molecule has 2 aliphatic heterocycles. The van der Waals surface area contributed by atoms with Crippen molar-refractivity contribution in [3.63, 3.8) is 0 Å². The van der Waals surface area contributed by atoms with E-state index in [4.69, 9.17) is 10.6 Å². The summed E-state index contributed by atoms with van der Waals surface area (Å²) in [6.07, 6.45) is 1.82. The molecule has 2 atom stereocenters. The Morgan fingerprint density at radius 2 is 2.22 bits per heavy atom. The first kappa shape index (κ1) is 24.1. The average molecular weight is 547 g/mol. The van der Waals surface area contributed by atoms with Gasteiger partial charge in [0.1, 0.15) is 29.9 Å². The lowest BCUT2D eigenvalue weighted by Gasteiger charge is -2.49. The Morgan fingerprint density at radius 3 is 2.94 bits per heavy atom. The summed E-state index contributed by atoms with van der Waals surface area (Å²) in [4.78, 5) is 48.0. The molecule has 13 nitrogen and oxygen atoms in total. The Labute approximate surface area is 215 Å². The molecule has 36 heavy (non-hydrogen) atoms. The predicted molar refractivity (Wildman–Crippen MR) is 133 cm³/mol. The maximum atomic E-state index is 13.0. The van der Waals surface area contributed by atoms with Gasteiger partial charge in [-0.25, -0.2) is 9.78 Å². The van der Waals surface area contributed by atoms with E-state index in [2.05, 4.69) is 25.7 Å². The molecule has 5 rings (SSSR count). The number of nitrogens with one attached hydrogen (secondary N) is 1. The summed E-state index contributed by atoms with van der Waals surface area (Å²) in [7, 11) is 1.28. The van der Waals surface area contributed by atoms with Gasteiger partial charge in [0.25, 0.3) is 11.8 Å². The molecule has 2 amide bonds. The summed E-state index contributed by atoms with van der Waals surface area (Å²) in [5.41, 5.74) is 6.91. The lowest BCUT2D eigenvalue weighted by Crippen LogP contribution is -2.71. The van der Waals surface area contributed by atoms with Crippen molar-refractivity contribution >= 4 is 69.1 Å². The summed E-state index contributed by atoms with van der Waals surface area (Å²) in [5, 5.41) is 26.3. The topological polar surface area (TPSA) is 177 Å². The van der Waals surface area contributed by atoms with Gasteiger partial charge in [0, 0.05) is 23.1 Å². The van der Waals surface area contributed by atoms with E-state index in [9.17, 15) is 19.5 Å². The van der Waals surface area contributed by atoms with Crippen molar-refractivity contribution in [1.82, 2.24) is 29.8 Å². The highest BCUT2D eigenvalue weighted by atomic mass is 32.2. The number of carbonyl (C=O) groups is 3. The van der Waals surface area contributed by atoms with E-state index < -0.39 is 29.2 Å². The standard InChI is InChI=1S/C20H18N8O5S3/c1-33-26-12(10-8-35-19(21)22-10)15(29)23-13-16(30)28-14(18(31)32)9(6-34-17(13)28)7-36-20-25-24-11-4-2-3-5-27(11)20/h2-5,8,13,17H,6-7H2,1H3,(H2,21,22)(H,23,29)(H,31,32)/b26-12-/t13-,17-/m1/s1. The van der Waals surface area contributed by atoms with Crippen LogP contribution in [0.5, 0.6) is 0 Å². The van der Waals surface area contributed by atoms with Gasteiger partial charge in [0.15, 0.2) is 21.6 Å². The molecule has 3 aromatic rings. The van der Waals surface area contributed by atoms with Crippen LogP contribution in [0.4, 0.5) is 5.13 Å². The zero-order valence-electron chi connectivity index (χ0n) is 18.5. The van der Waals surface area contributed by atoms with Crippen molar-refractivity contribution < 1.29 is 24.3 Å². The maximum Gasteiger partial charge on any atom is 0.352 e. The summed E-state index contributed by atoms with van der Waals surface area (Å²) in [6.45, 7) is 0. The van der Waals surface area contributed by atoms with Gasteiger partial charge in [-0.15, -0.1) is 33.3 Å². The normalized spacial score (nSPS) is 19.8. The van der Waals surface area contributed by atoms with Crippen molar-refractivity contribution in [3.8, 4) is 0 Å². The van der Waals surface area contributed by atoms with Crippen LogP contribution in [0.2, 0.25) is 0 Å². The average Bonchev–Trinajstić information content (AvgIpc) is 3.49. The number of nitrogens with two attached hydrogens (primary N) is 1. The third kappa shape index (κ3) is 4.27. The Hall–Kier alpha value is -3.63. The second kappa shape index (κ2) is 9.79. The molecule has 0 saturated carbocycles. The summed E-state index contributed by atoms with van der Waals surface area (Å²) in [6, 6.07) is 4.59. The number of thioether (sulfide) groups is 2. The number of rotatable bonds is 8. The molecule has 4 N–H and O–H groups in total. The van der Waals surface area contributed by atoms with Crippen LogP contribution in [0.3, 0.4) is 0 Å². The summed E-state index contributed by atoms with van der Waals surface area (Å²) in [5.74, 6) is -1.73. The van der Waals surface area contributed by atoms with Gasteiger partial charge in [0.05, 0.1) is 0 Å². The molecule has 2 aliphatic rings. The molecule has 1 fully saturated rings. The van der Waals surface area contributed by atoms with E-state index in [0.717, 1.165) is 11.3 Å². The largest absolute Gasteiger partial charge is 0.477 e. The van der Waals surface area contributed by atoms with Crippen molar-refractivity contribution in [2.45, 2.75) is 16.6 Å². The Bertz CT molecular complexity index is 1430. The minimum absolute atomic E-state index is 0.0753. The SMILES string of the molecule is CO/N=C(\C(=O)N[C@@H]1C(=O)N2C(C(=O)O)=C(CSc3nnc4ccccn34)CS[C@H]12)c1csc(N)n1. The minimum atomic E-state index is -1.21. The Morgan fingerprint density at radius 1 is 1.39 bits per heavy atom. The van der Waals surface area contributed by atoms with Crippen LogP contribution in [-0.4, -0.2) is 83.1 Å². The lowest BCUT2D eigenvalue weighted by atomic mass is 10.0. The van der Waals surface area contributed by atoms with E-state index in [1.54, 1.807) is 9.78 Å². The van der Waals surface area contributed by atoms with Gasteiger partial charge in [-0.1, -0.05) is 23.0 Å². The zero-order valence-corrected chi connectivity index (χ0v) is 21.0. The number of pyridine rings is 1. The van der Waals surface area contributed by atoms with Crippen LogP contribution in [0.15, 0.2) is 51.4 Å². The summed E-state index contributed by atoms with van der Waals surface area (Å²) < 4.78 is 1.81. The number of aromatic nitrogens is 4. The molecular weight excluding hydrogens is 528 g/mol. The minimum Gasteiger partial charge on any atom is -0.477 e. The van der Waals surface area contributed by atoms with Crippen molar-refractivity contribution in [1.29, 1.82) is 0 Å². The van der Waals surface area contributed by atoms with Gasteiger partial charge in [-0.2, -0.15) is 0 Å². The number of carbonyl (C=O) groups excluding carboxylic acids is 2. The van der Waals surface area contributed by atoms with Crippen LogP contribution in [-0.2, 0) is 19.2 Å². The fraction of sp³-hybridized carbons (Fsp3) is 0.250. The van der Waals surface area contributed by atoms with E-state index in [0.29, 0.717) is 27.9 Å². The number of oxime groups is 1. The second-order valence-corrected chi connectivity index (χ2v) is 10.4. The third-order valence-electron chi connectivity index (χ3n) is 5.36. The molecule has 0 radical (unpaired) electrons. The highest BCUT2D eigenvalue weighted by molar-refractivity contribution is 8.01. The molecule has 186 valence electrons. The fourth-order valence-electron chi connectivity index (χ4n) is 3.77. The number of nitrogen functional groups attached to an aromatic ring is 1. The number of anilines is 1. The number of carboxylic acids is 1. The Balaban J connectivity index is 1.32. The number of aliphatic carboxylic acids is 1. The Kier molecular flexibility index (Phi) is 6.55. The second-order valence-electron chi connectivity index (χ2n) is 7.51. The fourth-order valence-corrected chi connectivity index (χ4v) is 6.72. The lowest BCUT2D eigenvalue weighted by molar-refractivity contribution is -0.150. The summed E-state index contributed by atoms with van der Waals surface area (Å²) >= 11 is 3.83. The molecule has 1 saturated heterocycles. The molecule has 5 heterocycles. The zero-order chi connectivity index (χ0) is 25.4. The van der Waals surface area contributed by atoms with E-state index in [1.165, 1.54) is 35.5 Å². The maximum absolute atomic E-state index is 13.0. The first-order valence-corrected chi connectivity index (χ1v) is 13.3. The van der Waals surface area contributed by atoms with Gasteiger partial charge in [-0.05, 0) is 17.7 Å². The first-order chi connectivity index (χ1) is 17.4. The highest BCUT2D eigenvalue weighted by Crippen LogP contribution is 2.41. The number of amides is 2. The molecule has 0 unspecified atom stereocenters. The van der Waals surface area contributed by atoms with Gasteiger partial charge in [-0.3, -0.25) is 18.9 Å². The van der Waals surface area contributed by atoms with E-state index >= 15 is 0 Å². The third-order valence-corrected chi connectivity index (χ3v) is 8.40. The van der Waals surface area contributed by atoms with Crippen molar-refractivity contribution in [3.05, 3.63) is 46.7 Å². The quantitative estimate of drug-likeness (QED) is 0.156. The van der Waals surface area contributed by atoms with Crippen LogP contribution in [0, 0.1) is 0 Å². The smallest absolute Gasteiger partial charge is 0.352 e. The van der Waals surface area contributed by atoms with Gasteiger partial charge >= 0.3 is 5.97 Å². The molecule has 0 aromatic carbocycles. The number of β-lactam (4-membered cyclic amide) rings is 1. The van der Waals surface area contributed by atoms with Crippen LogP contribution < -0.4 is 11.1 Å². The molecular formula is C20H18N8O5S3. The number of hydrogen-bond donors (Lipinski definition) is 3. The van der Waals surface area contributed by atoms with E-state index in [1.807, 2.05) is 24.4 Å². The van der Waals surface area contributed by atoms with Crippen LogP contribution >= 0.6 is 34.9 Å². The van der Waals surface area contributed by atoms with Gasteiger partial charge < -0.3 is 21.0 Å². The molecule has 0 aliphatic carbocycles. The van der Waals surface area contributed by atoms with Crippen LogP contribution in [0.1, 0.15) is 5.69 Å². The number of fused-ring (bicyclic) bond motifs is 2. The van der Waals surface area contributed by atoms with Crippen molar-refractivity contribution in [2.24, 2.45) is 5.16 Å². The molecule has 3 aromatic heterocycles. The van der Waals surface area contributed by atoms with Gasteiger partial charge in [0.2, 0.25) is 0 Å². The van der Waals surface area contributed by atoms with Crippen molar-refractivity contribution in [2.75, 3.05) is 24.3 Å². The molecule has 0 spiro atoms. The van der Waals surface area contributed by atoms with E-state index in [-0.39, 0.29) is 22.2 Å². The number of hydrogen-bond acceptors (Lipinski definition) is 12. The monoisotopic (exact) mass is 546 g/mol. The predicted octanol–water partition coefficient (Wildman–Crippen LogP) is 0.649. The number of thiazole rings is 1. The number of nitrogens with zero attached hydrogens (tertiary/aromatic N) is 6. The molecule has 0 bridgehead atoms. The first-order valence-electron chi connectivity index (χ1n) is 10.3. The molecule has 16 heteroatoms. The van der Waals surface area contributed by atoms with Crippen LogP contribution in [0.25, 0.3) is 5.65 Å².